The lowest BCUT2D eigenvalue weighted by Gasteiger charge is -2.28. The number of phenols is 1. The van der Waals surface area contributed by atoms with Crippen molar-refractivity contribution in [2.75, 3.05) is 30.9 Å². The highest BCUT2D eigenvalue weighted by Crippen LogP contribution is 2.40. The Morgan fingerprint density at radius 1 is 0.789 bits per heavy atom. The van der Waals surface area contributed by atoms with Crippen molar-refractivity contribution in [3.63, 3.8) is 0 Å². The predicted octanol–water partition coefficient (Wildman–Crippen LogP) is 7.20. The third-order valence-electron chi connectivity index (χ3n) is 6.89. The topological polar surface area (TPSA) is 64.6 Å². The van der Waals surface area contributed by atoms with Crippen molar-refractivity contribution in [1.29, 1.82) is 0 Å². The molecule has 0 saturated carbocycles. The smallest absolute Gasteiger partial charge is 0.319 e. The first-order chi connectivity index (χ1) is 17.8. The van der Waals surface area contributed by atoms with Crippen molar-refractivity contribution in [3.05, 3.63) is 88.5 Å². The van der Waals surface area contributed by atoms with E-state index in [9.17, 15) is 9.90 Å². The van der Waals surface area contributed by atoms with Crippen LogP contribution in [0, 0.1) is 0 Å². The van der Waals surface area contributed by atoms with E-state index in [-0.39, 0.29) is 16.9 Å². The summed E-state index contributed by atoms with van der Waals surface area (Å²) in [5, 5.41) is 17.1. The number of benzene rings is 3. The molecule has 2 amide bonds. The zero-order valence-corrected chi connectivity index (χ0v) is 24.4. The summed E-state index contributed by atoms with van der Waals surface area (Å²) in [7, 11) is 4.05. The van der Waals surface area contributed by atoms with Gasteiger partial charge in [0.2, 0.25) is 0 Å². The van der Waals surface area contributed by atoms with Gasteiger partial charge < -0.3 is 20.6 Å². The highest BCUT2D eigenvalue weighted by atomic mass is 16.3. The maximum Gasteiger partial charge on any atom is 0.319 e. The van der Waals surface area contributed by atoms with E-state index in [1.54, 1.807) is 0 Å². The van der Waals surface area contributed by atoms with Crippen LogP contribution in [0.1, 0.15) is 69.4 Å². The van der Waals surface area contributed by atoms with Crippen LogP contribution >= 0.6 is 0 Å². The van der Waals surface area contributed by atoms with Crippen molar-refractivity contribution in [3.8, 4) is 5.75 Å². The maximum absolute atomic E-state index is 12.7. The number of anilines is 2. The molecule has 0 unspecified atom stereocenters. The minimum atomic E-state index is -0.197. The molecule has 0 aliphatic carbocycles. The average molecular weight is 516 g/mol. The Labute approximate surface area is 229 Å². The Kier molecular flexibility index (Phi) is 9.14. The second-order valence-corrected chi connectivity index (χ2v) is 12.4. The Morgan fingerprint density at radius 2 is 1.37 bits per heavy atom. The maximum atomic E-state index is 12.7. The first kappa shape index (κ1) is 29.1. The van der Waals surface area contributed by atoms with Crippen LogP contribution in [0.2, 0.25) is 0 Å². The number of rotatable bonds is 8. The van der Waals surface area contributed by atoms with Gasteiger partial charge in [0.05, 0.1) is 0 Å². The second-order valence-electron chi connectivity index (χ2n) is 12.4. The van der Waals surface area contributed by atoms with Crippen LogP contribution in [0.25, 0.3) is 0 Å². The molecular weight excluding hydrogens is 470 g/mol. The summed E-state index contributed by atoms with van der Waals surface area (Å²) in [6, 6.07) is 20.4. The molecule has 3 rings (SSSR count). The normalized spacial score (nSPS) is 11.8. The molecule has 0 fully saturated rings. The van der Waals surface area contributed by atoms with Crippen LogP contribution in [0.3, 0.4) is 0 Å². The van der Waals surface area contributed by atoms with Gasteiger partial charge in [0.1, 0.15) is 5.75 Å². The molecule has 0 spiro atoms. The average Bonchev–Trinajstić information content (AvgIpc) is 2.83. The fourth-order valence-electron chi connectivity index (χ4n) is 4.57. The quantitative estimate of drug-likeness (QED) is 0.297. The Hall–Kier alpha value is -3.47. The summed E-state index contributed by atoms with van der Waals surface area (Å²) in [5.74, 6) is 0.404. The molecule has 0 aromatic heterocycles. The lowest BCUT2D eigenvalue weighted by Crippen LogP contribution is -2.30. The number of phenolic OH excluding ortho intramolecular Hbond substituents is 1. The van der Waals surface area contributed by atoms with Gasteiger partial charge in [-0.3, -0.25) is 0 Å². The summed E-state index contributed by atoms with van der Waals surface area (Å²) < 4.78 is 0. The second kappa shape index (κ2) is 11.9. The lowest BCUT2D eigenvalue weighted by molar-refractivity contribution is 0.252. The SMILES string of the molecule is CN(C)c1ccc(CCNC(=O)Nc2ccccc2CCc2cc(C(C)(C)C)c(O)c(C(C)(C)C)c2)cc1. The molecule has 5 heteroatoms. The molecular formula is C33H45N3O2. The van der Waals surface area contributed by atoms with E-state index in [1.165, 1.54) is 11.1 Å². The van der Waals surface area contributed by atoms with Crippen molar-refractivity contribution in [2.24, 2.45) is 0 Å². The number of hydrogen-bond donors (Lipinski definition) is 3. The van der Waals surface area contributed by atoms with Crippen molar-refractivity contribution in [1.82, 2.24) is 5.32 Å². The molecule has 0 radical (unpaired) electrons. The number of carbonyl (C=O) groups excluding carboxylic acids is 1. The lowest BCUT2D eigenvalue weighted by atomic mass is 9.78. The molecule has 3 aromatic carbocycles. The fourth-order valence-corrected chi connectivity index (χ4v) is 4.57. The number of nitrogens with zero attached hydrogens (tertiary/aromatic N) is 1. The van der Waals surface area contributed by atoms with E-state index in [2.05, 4.69) is 99.5 Å². The third kappa shape index (κ3) is 7.77. The molecule has 38 heavy (non-hydrogen) atoms. The van der Waals surface area contributed by atoms with Gasteiger partial charge in [-0.25, -0.2) is 4.79 Å². The van der Waals surface area contributed by atoms with Crippen LogP contribution in [0.15, 0.2) is 60.7 Å². The summed E-state index contributed by atoms with van der Waals surface area (Å²) in [4.78, 5) is 14.7. The number of para-hydroxylation sites is 1. The number of nitrogens with one attached hydrogen (secondary N) is 2. The minimum Gasteiger partial charge on any atom is -0.507 e. The number of aryl methyl sites for hydroxylation is 2. The summed E-state index contributed by atoms with van der Waals surface area (Å²) >= 11 is 0. The minimum absolute atomic E-state index is 0.161. The van der Waals surface area contributed by atoms with Crippen molar-refractivity contribution >= 4 is 17.4 Å². The van der Waals surface area contributed by atoms with Crippen LogP contribution in [-0.4, -0.2) is 31.8 Å². The van der Waals surface area contributed by atoms with Gasteiger partial charge >= 0.3 is 6.03 Å². The molecule has 5 nitrogen and oxygen atoms in total. The van der Waals surface area contributed by atoms with Crippen LogP contribution in [0.4, 0.5) is 16.2 Å². The summed E-state index contributed by atoms with van der Waals surface area (Å²) in [6.07, 6.45) is 2.37. The first-order valence-corrected chi connectivity index (χ1v) is 13.5. The summed E-state index contributed by atoms with van der Waals surface area (Å²) in [6.45, 7) is 13.4. The van der Waals surface area contributed by atoms with E-state index in [0.29, 0.717) is 12.3 Å². The monoisotopic (exact) mass is 515 g/mol. The van der Waals surface area contributed by atoms with Crippen LogP contribution in [-0.2, 0) is 30.1 Å². The van der Waals surface area contributed by atoms with Crippen molar-refractivity contribution < 1.29 is 9.90 Å². The summed E-state index contributed by atoms with van der Waals surface area (Å²) in [5.41, 5.74) is 7.08. The van der Waals surface area contributed by atoms with Gasteiger partial charge in [-0.15, -0.1) is 0 Å². The Balaban J connectivity index is 1.65. The van der Waals surface area contributed by atoms with Crippen LogP contribution in [0.5, 0.6) is 5.75 Å². The number of hydrogen-bond acceptors (Lipinski definition) is 3. The molecule has 3 N–H and O–H groups in total. The molecule has 0 heterocycles. The van der Waals surface area contributed by atoms with Gasteiger partial charge in [0.15, 0.2) is 0 Å². The first-order valence-electron chi connectivity index (χ1n) is 13.5. The van der Waals surface area contributed by atoms with Gasteiger partial charge in [-0.1, -0.05) is 84.0 Å². The Morgan fingerprint density at radius 3 is 1.92 bits per heavy atom. The molecule has 0 saturated heterocycles. The standard InChI is InChI=1S/C33H45N3O2/c1-32(2,3)27-21-24(22-28(30(27)37)33(4,5)6)13-16-25-11-9-10-12-29(25)35-31(38)34-20-19-23-14-17-26(18-15-23)36(7)8/h9-12,14-15,17-18,21-22,37H,13,16,19-20H2,1-8H3,(H2,34,35,38). The van der Waals surface area contributed by atoms with Gasteiger partial charge in [-0.2, -0.15) is 0 Å². The number of aromatic hydroxyl groups is 1. The molecule has 0 bridgehead atoms. The van der Waals surface area contributed by atoms with E-state index in [1.807, 2.05) is 32.3 Å². The molecule has 0 aliphatic rings. The number of amides is 2. The number of urea groups is 1. The fraction of sp³-hybridized carbons (Fsp3) is 0.424. The molecule has 3 aromatic rings. The van der Waals surface area contributed by atoms with E-state index >= 15 is 0 Å². The predicted molar refractivity (Wildman–Crippen MR) is 161 cm³/mol. The van der Waals surface area contributed by atoms with E-state index in [0.717, 1.165) is 47.3 Å². The molecule has 0 atom stereocenters. The van der Waals surface area contributed by atoms with Gasteiger partial charge in [0, 0.05) is 32.0 Å². The highest BCUT2D eigenvalue weighted by Gasteiger charge is 2.26. The Bertz CT molecular complexity index is 1200. The van der Waals surface area contributed by atoms with E-state index < -0.39 is 0 Å². The van der Waals surface area contributed by atoms with Crippen molar-refractivity contribution in [2.45, 2.75) is 71.6 Å². The molecule has 0 aliphatic heterocycles. The zero-order valence-electron chi connectivity index (χ0n) is 24.4. The third-order valence-corrected chi connectivity index (χ3v) is 6.89. The van der Waals surface area contributed by atoms with Gasteiger partial charge in [-0.05, 0) is 76.1 Å². The van der Waals surface area contributed by atoms with E-state index in [4.69, 9.17) is 0 Å². The molecule has 204 valence electrons. The van der Waals surface area contributed by atoms with Crippen LogP contribution < -0.4 is 15.5 Å². The van der Waals surface area contributed by atoms with Gasteiger partial charge in [0.25, 0.3) is 0 Å². The highest BCUT2D eigenvalue weighted by molar-refractivity contribution is 5.90. The zero-order chi connectivity index (χ0) is 28.1. The number of carbonyl (C=O) groups is 1. The largest absolute Gasteiger partial charge is 0.507 e.